The van der Waals surface area contributed by atoms with Crippen LogP contribution in [-0.4, -0.2) is 48.7 Å². The quantitative estimate of drug-likeness (QED) is 0.418. The highest BCUT2D eigenvalue weighted by atomic mass is 32.2. The summed E-state index contributed by atoms with van der Waals surface area (Å²) in [5, 5.41) is 4.67. The molecule has 1 aliphatic rings. The summed E-state index contributed by atoms with van der Waals surface area (Å²) in [6.07, 6.45) is 1.64. The van der Waals surface area contributed by atoms with Crippen molar-refractivity contribution in [2.45, 2.75) is 11.4 Å². The Hall–Kier alpha value is -3.49. The summed E-state index contributed by atoms with van der Waals surface area (Å²) in [4.78, 5) is 2.28. The van der Waals surface area contributed by atoms with Gasteiger partial charge in [0.2, 0.25) is 10.0 Å². The summed E-state index contributed by atoms with van der Waals surface area (Å²) in [5.74, 6) is -0.286. The van der Waals surface area contributed by atoms with Gasteiger partial charge in [0.1, 0.15) is 16.4 Å². The average molecular weight is 477 g/mol. The fraction of sp³-hybridized carbons (Fsp3) is 0.192. The molecule has 0 aliphatic carbocycles. The molecule has 6 nitrogen and oxygen atoms in total. The fourth-order valence-corrected chi connectivity index (χ4v) is 5.80. The molecule has 0 N–H and O–H groups in total. The Morgan fingerprint density at radius 2 is 1.41 bits per heavy atom. The molecule has 0 unspecified atom stereocenters. The van der Waals surface area contributed by atoms with Crippen molar-refractivity contribution in [3.63, 3.8) is 0 Å². The van der Waals surface area contributed by atoms with Crippen LogP contribution in [-0.2, 0) is 16.6 Å². The molecule has 2 heterocycles. The van der Waals surface area contributed by atoms with E-state index in [2.05, 4.69) is 10.00 Å². The highest BCUT2D eigenvalue weighted by Gasteiger charge is 2.32. The number of rotatable bonds is 6. The topological polar surface area (TPSA) is 58.4 Å². The van der Waals surface area contributed by atoms with E-state index in [1.54, 1.807) is 23.0 Å². The SMILES string of the molecule is O=S(=O)(c1cn(Cc2ccccc2)nc1-c1ccccc1)N1CCN(c2ccc(F)cc2)CC1. The number of hydrogen-bond donors (Lipinski definition) is 0. The van der Waals surface area contributed by atoms with Gasteiger partial charge in [-0.1, -0.05) is 60.7 Å². The highest BCUT2D eigenvalue weighted by Crippen LogP contribution is 2.30. The first kappa shape index (κ1) is 22.3. The van der Waals surface area contributed by atoms with E-state index in [0.29, 0.717) is 38.4 Å². The van der Waals surface area contributed by atoms with Gasteiger partial charge in [-0.2, -0.15) is 9.40 Å². The van der Waals surface area contributed by atoms with E-state index < -0.39 is 10.0 Å². The van der Waals surface area contributed by atoms with Gasteiger partial charge >= 0.3 is 0 Å². The first-order valence-corrected chi connectivity index (χ1v) is 12.6. The Morgan fingerprint density at radius 1 is 0.794 bits per heavy atom. The minimum absolute atomic E-state index is 0.213. The molecule has 0 amide bonds. The molecule has 3 aromatic carbocycles. The largest absolute Gasteiger partial charge is 0.369 e. The molecule has 1 fully saturated rings. The smallest absolute Gasteiger partial charge is 0.246 e. The standard InChI is InChI=1S/C26H25FN4O2S/c27-23-11-13-24(14-12-23)29-15-17-31(18-16-29)34(32,33)25-20-30(19-21-7-3-1-4-8-21)28-26(25)22-9-5-2-6-10-22/h1-14,20H,15-19H2. The van der Waals surface area contributed by atoms with Gasteiger partial charge < -0.3 is 4.90 Å². The van der Waals surface area contributed by atoms with Crippen LogP contribution >= 0.6 is 0 Å². The third-order valence-electron chi connectivity index (χ3n) is 6.01. The Kier molecular flexibility index (Phi) is 6.17. The maximum atomic E-state index is 13.7. The first-order chi connectivity index (χ1) is 16.5. The molecular formula is C26H25FN4O2S. The molecule has 0 bridgehead atoms. The lowest BCUT2D eigenvalue weighted by Gasteiger charge is -2.35. The molecule has 34 heavy (non-hydrogen) atoms. The molecule has 1 aliphatic heterocycles. The number of sulfonamides is 1. The van der Waals surface area contributed by atoms with Gasteiger partial charge in [-0.15, -0.1) is 0 Å². The van der Waals surface area contributed by atoms with Gasteiger partial charge in [0.25, 0.3) is 0 Å². The minimum Gasteiger partial charge on any atom is -0.369 e. The zero-order valence-electron chi connectivity index (χ0n) is 18.6. The number of anilines is 1. The normalized spacial score (nSPS) is 14.9. The van der Waals surface area contributed by atoms with Crippen molar-refractivity contribution in [1.82, 2.24) is 14.1 Å². The van der Waals surface area contributed by atoms with Crippen LogP contribution in [0.3, 0.4) is 0 Å². The Morgan fingerprint density at radius 3 is 2.06 bits per heavy atom. The number of hydrogen-bond acceptors (Lipinski definition) is 4. The van der Waals surface area contributed by atoms with Crippen LogP contribution in [0.15, 0.2) is 96.0 Å². The molecule has 5 rings (SSSR count). The van der Waals surface area contributed by atoms with E-state index in [1.807, 2.05) is 60.7 Å². The van der Waals surface area contributed by atoms with E-state index in [0.717, 1.165) is 16.8 Å². The van der Waals surface area contributed by atoms with E-state index in [-0.39, 0.29) is 10.7 Å². The number of aromatic nitrogens is 2. The second-order valence-corrected chi connectivity index (χ2v) is 10.2. The summed E-state index contributed by atoms with van der Waals surface area (Å²) in [6, 6.07) is 25.5. The number of benzene rings is 3. The summed E-state index contributed by atoms with van der Waals surface area (Å²) in [7, 11) is -3.76. The van der Waals surface area contributed by atoms with Crippen LogP contribution in [0.4, 0.5) is 10.1 Å². The van der Waals surface area contributed by atoms with Crippen LogP contribution in [0.5, 0.6) is 0 Å². The van der Waals surface area contributed by atoms with Crippen LogP contribution in [0.1, 0.15) is 5.56 Å². The lowest BCUT2D eigenvalue weighted by Crippen LogP contribution is -2.48. The molecule has 4 aromatic rings. The van der Waals surface area contributed by atoms with E-state index in [1.165, 1.54) is 16.4 Å². The van der Waals surface area contributed by atoms with Crippen molar-refractivity contribution in [2.75, 3.05) is 31.1 Å². The fourth-order valence-electron chi connectivity index (χ4n) is 4.22. The lowest BCUT2D eigenvalue weighted by atomic mass is 10.2. The van der Waals surface area contributed by atoms with Crippen molar-refractivity contribution in [1.29, 1.82) is 0 Å². The van der Waals surface area contributed by atoms with Crippen molar-refractivity contribution < 1.29 is 12.8 Å². The van der Waals surface area contributed by atoms with Gasteiger partial charge in [-0.25, -0.2) is 12.8 Å². The van der Waals surface area contributed by atoms with Crippen LogP contribution in [0.2, 0.25) is 0 Å². The molecule has 1 saturated heterocycles. The molecule has 0 atom stereocenters. The van der Waals surface area contributed by atoms with Crippen molar-refractivity contribution in [2.24, 2.45) is 0 Å². The second kappa shape index (κ2) is 9.40. The number of piperazine rings is 1. The maximum absolute atomic E-state index is 13.7. The van der Waals surface area contributed by atoms with Crippen LogP contribution in [0.25, 0.3) is 11.3 Å². The third-order valence-corrected chi connectivity index (χ3v) is 7.91. The predicted octanol–water partition coefficient (Wildman–Crippen LogP) is 4.25. The zero-order chi connectivity index (χ0) is 23.5. The van der Waals surface area contributed by atoms with Gasteiger partial charge in [0.15, 0.2) is 0 Å². The summed E-state index contributed by atoms with van der Waals surface area (Å²) in [6.45, 7) is 2.23. The number of nitrogens with zero attached hydrogens (tertiary/aromatic N) is 4. The van der Waals surface area contributed by atoms with Crippen molar-refractivity contribution in [3.8, 4) is 11.3 Å². The summed E-state index contributed by atoms with van der Waals surface area (Å²) < 4.78 is 44.0. The van der Waals surface area contributed by atoms with Crippen LogP contribution < -0.4 is 4.90 Å². The predicted molar refractivity (Wildman–Crippen MR) is 131 cm³/mol. The first-order valence-electron chi connectivity index (χ1n) is 11.2. The van der Waals surface area contributed by atoms with Gasteiger partial charge in [0, 0.05) is 43.6 Å². The number of halogens is 1. The monoisotopic (exact) mass is 476 g/mol. The Bertz CT molecular complexity index is 1350. The van der Waals surface area contributed by atoms with E-state index in [4.69, 9.17) is 0 Å². The lowest BCUT2D eigenvalue weighted by molar-refractivity contribution is 0.385. The van der Waals surface area contributed by atoms with Gasteiger partial charge in [-0.05, 0) is 29.8 Å². The molecule has 0 radical (unpaired) electrons. The van der Waals surface area contributed by atoms with Crippen molar-refractivity contribution in [3.05, 3.63) is 103 Å². The summed E-state index contributed by atoms with van der Waals surface area (Å²) >= 11 is 0. The van der Waals surface area contributed by atoms with Gasteiger partial charge in [-0.3, -0.25) is 4.68 Å². The Labute approximate surface area is 198 Å². The molecule has 174 valence electrons. The molecule has 0 saturated carbocycles. The van der Waals surface area contributed by atoms with Crippen LogP contribution in [0, 0.1) is 5.82 Å². The zero-order valence-corrected chi connectivity index (χ0v) is 19.4. The Balaban J connectivity index is 1.42. The van der Waals surface area contributed by atoms with Gasteiger partial charge in [0.05, 0.1) is 6.54 Å². The second-order valence-electron chi connectivity index (χ2n) is 8.26. The minimum atomic E-state index is -3.76. The molecular weight excluding hydrogens is 451 g/mol. The molecule has 1 aromatic heterocycles. The maximum Gasteiger partial charge on any atom is 0.246 e. The van der Waals surface area contributed by atoms with E-state index >= 15 is 0 Å². The van der Waals surface area contributed by atoms with Crippen molar-refractivity contribution >= 4 is 15.7 Å². The molecule has 0 spiro atoms. The highest BCUT2D eigenvalue weighted by molar-refractivity contribution is 7.89. The summed E-state index contributed by atoms with van der Waals surface area (Å²) in [5.41, 5.74) is 3.15. The average Bonchev–Trinajstić information content (AvgIpc) is 3.30. The molecule has 8 heteroatoms. The van der Waals surface area contributed by atoms with E-state index in [9.17, 15) is 12.8 Å². The third kappa shape index (κ3) is 4.60.